The second kappa shape index (κ2) is 8.43. The van der Waals surface area contributed by atoms with Crippen LogP contribution in [0.5, 0.6) is 0 Å². The molecule has 0 radical (unpaired) electrons. The first-order chi connectivity index (χ1) is 16.7. The summed E-state index contributed by atoms with van der Waals surface area (Å²) in [6.45, 7) is 2.01. The fourth-order valence-corrected chi connectivity index (χ4v) is 4.75. The van der Waals surface area contributed by atoms with E-state index in [0.717, 1.165) is 64.9 Å². The van der Waals surface area contributed by atoms with E-state index in [4.69, 9.17) is 4.98 Å². The number of piperidine rings is 1. The molecule has 6 rings (SSSR count). The molecule has 1 aliphatic rings. The topological polar surface area (TPSA) is 78.3 Å². The van der Waals surface area contributed by atoms with E-state index in [1.165, 1.54) is 0 Å². The summed E-state index contributed by atoms with van der Waals surface area (Å²) >= 11 is 0. The molecule has 2 N–H and O–H groups in total. The van der Waals surface area contributed by atoms with Crippen molar-refractivity contribution in [1.82, 2.24) is 29.8 Å². The largest absolute Gasteiger partial charge is 0.349 e. The van der Waals surface area contributed by atoms with Crippen molar-refractivity contribution < 1.29 is 4.79 Å². The average Bonchev–Trinajstić information content (AvgIpc) is 3.49. The summed E-state index contributed by atoms with van der Waals surface area (Å²) in [7, 11) is 2.12. The van der Waals surface area contributed by atoms with Gasteiger partial charge >= 0.3 is 0 Å². The molecule has 0 aliphatic carbocycles. The Kier molecular flexibility index (Phi) is 5.11. The molecule has 7 nitrogen and oxygen atoms in total. The molecule has 1 aliphatic heterocycles. The molecule has 5 aromatic rings. The summed E-state index contributed by atoms with van der Waals surface area (Å²) in [6.07, 6.45) is 7.49. The molecular formula is C27H26N6O. The predicted octanol–water partition coefficient (Wildman–Crippen LogP) is 4.37. The summed E-state index contributed by atoms with van der Waals surface area (Å²) in [5.74, 6) is -0.0604. The molecule has 0 unspecified atom stereocenters. The first kappa shape index (κ1) is 20.6. The van der Waals surface area contributed by atoms with E-state index in [9.17, 15) is 4.79 Å². The lowest BCUT2D eigenvalue weighted by Crippen LogP contribution is -2.43. The molecule has 34 heavy (non-hydrogen) atoms. The molecular weight excluding hydrogens is 424 g/mol. The van der Waals surface area contributed by atoms with Gasteiger partial charge in [-0.25, -0.2) is 9.50 Å². The van der Waals surface area contributed by atoms with Crippen LogP contribution in [0.15, 0.2) is 73.2 Å². The van der Waals surface area contributed by atoms with Gasteiger partial charge in [0.2, 0.25) is 0 Å². The Balaban J connectivity index is 1.32. The fourth-order valence-electron chi connectivity index (χ4n) is 4.75. The van der Waals surface area contributed by atoms with Gasteiger partial charge in [-0.3, -0.25) is 4.79 Å². The molecule has 1 saturated heterocycles. The zero-order valence-electron chi connectivity index (χ0n) is 19.0. The minimum atomic E-state index is -0.0604. The number of carbonyl (C=O) groups excluding carboxylic acids is 1. The van der Waals surface area contributed by atoms with Crippen molar-refractivity contribution >= 4 is 22.5 Å². The molecule has 0 bridgehead atoms. The van der Waals surface area contributed by atoms with Gasteiger partial charge in [0.1, 0.15) is 5.65 Å². The number of rotatable bonds is 4. The predicted molar refractivity (Wildman–Crippen MR) is 134 cm³/mol. The van der Waals surface area contributed by atoms with Crippen LogP contribution in [0.3, 0.4) is 0 Å². The van der Waals surface area contributed by atoms with E-state index in [2.05, 4.69) is 45.5 Å². The van der Waals surface area contributed by atoms with E-state index in [-0.39, 0.29) is 11.9 Å². The standard InChI is InChI=1S/C27H26N6O/c1-32-12-10-20(11-13-32)30-27(34)23-17-29-33-14-9-19(15-25(23)33)22-16-28-26-21(22)7-8-24(31-26)18-5-3-2-4-6-18/h2-9,14-17,20H,10-13H2,1H3,(H,28,31)(H,30,34). The summed E-state index contributed by atoms with van der Waals surface area (Å²) in [4.78, 5) is 23.5. The van der Waals surface area contributed by atoms with Crippen molar-refractivity contribution in [3.05, 3.63) is 78.8 Å². The second-order valence-electron chi connectivity index (χ2n) is 9.02. The lowest BCUT2D eigenvalue weighted by atomic mass is 10.0. The summed E-state index contributed by atoms with van der Waals surface area (Å²) < 4.78 is 1.76. The maximum atomic E-state index is 13.1. The monoisotopic (exact) mass is 450 g/mol. The van der Waals surface area contributed by atoms with Crippen LogP contribution in [-0.4, -0.2) is 56.6 Å². The normalized spacial score (nSPS) is 15.2. The van der Waals surface area contributed by atoms with Crippen LogP contribution in [0, 0.1) is 0 Å². The van der Waals surface area contributed by atoms with E-state index in [1.807, 2.05) is 48.8 Å². The lowest BCUT2D eigenvalue weighted by molar-refractivity contribution is 0.0918. The number of hydrogen-bond donors (Lipinski definition) is 2. The van der Waals surface area contributed by atoms with Gasteiger partial charge in [-0.2, -0.15) is 5.10 Å². The van der Waals surface area contributed by atoms with Crippen molar-refractivity contribution in [1.29, 1.82) is 0 Å². The lowest BCUT2D eigenvalue weighted by Gasteiger charge is -2.29. The van der Waals surface area contributed by atoms with Crippen LogP contribution in [0.25, 0.3) is 38.9 Å². The average molecular weight is 451 g/mol. The van der Waals surface area contributed by atoms with Crippen LogP contribution >= 0.6 is 0 Å². The van der Waals surface area contributed by atoms with Crippen LogP contribution in [0.1, 0.15) is 23.2 Å². The Morgan fingerprint density at radius 1 is 1.06 bits per heavy atom. The van der Waals surface area contributed by atoms with Crippen LogP contribution in [0.4, 0.5) is 0 Å². The molecule has 170 valence electrons. The van der Waals surface area contributed by atoms with E-state index in [0.29, 0.717) is 5.56 Å². The van der Waals surface area contributed by atoms with E-state index < -0.39 is 0 Å². The molecule has 7 heteroatoms. The van der Waals surface area contributed by atoms with Crippen molar-refractivity contribution in [3.63, 3.8) is 0 Å². The van der Waals surface area contributed by atoms with Gasteiger partial charge < -0.3 is 15.2 Å². The van der Waals surface area contributed by atoms with Crippen molar-refractivity contribution in [2.75, 3.05) is 20.1 Å². The Bertz CT molecular complexity index is 1480. The van der Waals surface area contributed by atoms with Gasteiger partial charge in [0.05, 0.1) is 23.0 Å². The SMILES string of the molecule is CN1CCC(NC(=O)c2cnn3ccc(-c4c[nH]c5nc(-c6ccccc6)ccc45)cc23)CC1. The summed E-state index contributed by atoms with van der Waals surface area (Å²) in [5, 5.41) is 8.65. The van der Waals surface area contributed by atoms with Gasteiger partial charge in [-0.15, -0.1) is 0 Å². The summed E-state index contributed by atoms with van der Waals surface area (Å²) in [6, 6.07) is 18.6. The smallest absolute Gasteiger partial charge is 0.255 e. The fraction of sp³-hybridized carbons (Fsp3) is 0.222. The molecule has 0 atom stereocenters. The van der Waals surface area contributed by atoms with Crippen LogP contribution < -0.4 is 5.32 Å². The highest BCUT2D eigenvalue weighted by atomic mass is 16.1. The zero-order chi connectivity index (χ0) is 23.1. The first-order valence-corrected chi connectivity index (χ1v) is 11.7. The molecule has 0 spiro atoms. The van der Waals surface area contributed by atoms with E-state index >= 15 is 0 Å². The number of nitrogens with one attached hydrogen (secondary N) is 2. The van der Waals surface area contributed by atoms with Crippen molar-refractivity contribution in [2.45, 2.75) is 18.9 Å². The maximum absolute atomic E-state index is 13.1. The molecule has 1 aromatic carbocycles. The first-order valence-electron chi connectivity index (χ1n) is 11.7. The Hall–Kier alpha value is -3.97. The highest BCUT2D eigenvalue weighted by molar-refractivity contribution is 6.02. The molecule has 1 fully saturated rings. The molecule has 5 heterocycles. The Morgan fingerprint density at radius 2 is 1.88 bits per heavy atom. The highest BCUT2D eigenvalue weighted by Gasteiger charge is 2.21. The van der Waals surface area contributed by atoms with Gasteiger partial charge in [-0.1, -0.05) is 30.3 Å². The zero-order valence-corrected chi connectivity index (χ0v) is 19.0. The number of fused-ring (bicyclic) bond motifs is 2. The summed E-state index contributed by atoms with van der Waals surface area (Å²) in [5.41, 5.74) is 6.32. The number of hydrogen-bond acceptors (Lipinski definition) is 4. The maximum Gasteiger partial charge on any atom is 0.255 e. The van der Waals surface area contributed by atoms with Gasteiger partial charge in [0, 0.05) is 34.9 Å². The number of aromatic amines is 1. The number of pyridine rings is 2. The number of likely N-dealkylation sites (tertiary alicyclic amines) is 1. The highest BCUT2D eigenvalue weighted by Crippen LogP contribution is 2.31. The third-order valence-electron chi connectivity index (χ3n) is 6.74. The van der Waals surface area contributed by atoms with Gasteiger partial charge in [0.25, 0.3) is 5.91 Å². The molecule has 4 aromatic heterocycles. The Labute approximate surface area is 197 Å². The minimum Gasteiger partial charge on any atom is -0.349 e. The van der Waals surface area contributed by atoms with Crippen molar-refractivity contribution in [3.8, 4) is 22.4 Å². The van der Waals surface area contributed by atoms with Crippen LogP contribution in [0.2, 0.25) is 0 Å². The number of carbonyl (C=O) groups is 1. The third kappa shape index (κ3) is 3.74. The van der Waals surface area contributed by atoms with Crippen molar-refractivity contribution in [2.24, 2.45) is 0 Å². The van der Waals surface area contributed by atoms with E-state index in [1.54, 1.807) is 10.7 Å². The number of H-pyrrole nitrogens is 1. The molecule has 1 amide bonds. The third-order valence-corrected chi connectivity index (χ3v) is 6.74. The second-order valence-corrected chi connectivity index (χ2v) is 9.02. The quantitative estimate of drug-likeness (QED) is 0.426. The molecule has 0 saturated carbocycles. The van der Waals surface area contributed by atoms with Gasteiger partial charge in [0.15, 0.2) is 0 Å². The number of benzene rings is 1. The number of amides is 1. The number of aromatic nitrogens is 4. The minimum absolute atomic E-state index is 0.0604. The van der Waals surface area contributed by atoms with Crippen LogP contribution in [-0.2, 0) is 0 Å². The Morgan fingerprint density at radius 3 is 2.71 bits per heavy atom. The number of nitrogens with zero attached hydrogens (tertiary/aromatic N) is 4. The van der Waals surface area contributed by atoms with Gasteiger partial charge in [-0.05, 0) is 62.8 Å².